The van der Waals surface area contributed by atoms with Gasteiger partial charge in [-0.25, -0.2) is 9.69 Å². The molecular formula is C21H24N4O7. The number of hydrogen-bond acceptors (Lipinski definition) is 8. The lowest BCUT2D eigenvalue weighted by Gasteiger charge is -2.34. The highest BCUT2D eigenvalue weighted by atomic mass is 16.5. The minimum atomic E-state index is -1.17. The number of nitrogens with zero attached hydrogens (tertiary/aromatic N) is 3. The van der Waals surface area contributed by atoms with Gasteiger partial charge in [0.1, 0.15) is 12.1 Å². The number of nitrogens with one attached hydrogen (secondary N) is 1. The van der Waals surface area contributed by atoms with E-state index in [1.165, 1.54) is 19.1 Å². The Bertz CT molecular complexity index is 955. The zero-order valence-electron chi connectivity index (χ0n) is 18.0. The molecule has 0 saturated carbocycles. The zero-order valence-corrected chi connectivity index (χ0v) is 18.0. The van der Waals surface area contributed by atoms with Gasteiger partial charge in [0.2, 0.25) is 11.8 Å². The number of likely N-dealkylation sites (tertiary alicyclic amines) is 1. The number of likely N-dealkylation sites (N-methyl/N-ethyl adjacent to an activating group) is 1. The molecule has 1 N–H and O–H groups in total. The molecule has 1 saturated heterocycles. The maximum absolute atomic E-state index is 12.9. The fourth-order valence-corrected chi connectivity index (χ4v) is 3.57. The molecule has 0 spiro atoms. The Hall–Kier alpha value is -3.60. The zero-order chi connectivity index (χ0) is 23.6. The Morgan fingerprint density at radius 2 is 1.72 bits per heavy atom. The van der Waals surface area contributed by atoms with E-state index >= 15 is 0 Å². The van der Waals surface area contributed by atoms with E-state index in [1.807, 2.05) is 0 Å². The molecule has 1 aromatic carbocycles. The van der Waals surface area contributed by atoms with E-state index in [1.54, 1.807) is 31.1 Å². The minimum absolute atomic E-state index is 0.00935. The summed E-state index contributed by atoms with van der Waals surface area (Å²) >= 11 is 0. The standard InChI is InChI=1S/C21H24N4O7/c1-12(22-16(26)10-23(2)3)21(31)32-11-24-17(27)9-8-15(20(24)30)25-18(28)13-6-4-5-7-14(13)19(25)29/h4-7,12,15H,8-11H2,1-3H3,(H,22,26). The molecule has 0 aliphatic carbocycles. The van der Waals surface area contributed by atoms with Crippen molar-refractivity contribution in [2.24, 2.45) is 0 Å². The normalized spacial score (nSPS) is 19.3. The van der Waals surface area contributed by atoms with Crippen LogP contribution in [0.1, 0.15) is 40.5 Å². The van der Waals surface area contributed by atoms with Crippen molar-refractivity contribution in [2.45, 2.75) is 31.8 Å². The predicted molar refractivity (Wildman–Crippen MR) is 109 cm³/mol. The molecule has 2 aliphatic heterocycles. The van der Waals surface area contributed by atoms with Crippen LogP contribution in [0.25, 0.3) is 0 Å². The number of carbonyl (C=O) groups excluding carboxylic acids is 6. The Kier molecular flexibility index (Phi) is 6.68. The number of ether oxygens (including phenoxy) is 1. The SMILES string of the molecule is CC(NC(=O)CN(C)C)C(=O)OCN1C(=O)CCC(N2C(=O)c3ccccc3C2=O)C1=O. The van der Waals surface area contributed by atoms with Gasteiger partial charge < -0.3 is 15.0 Å². The van der Waals surface area contributed by atoms with Crippen molar-refractivity contribution in [2.75, 3.05) is 27.4 Å². The number of hydrogen-bond donors (Lipinski definition) is 1. The second-order valence-electron chi connectivity index (χ2n) is 7.86. The predicted octanol–water partition coefficient (Wildman–Crippen LogP) is -0.633. The molecule has 5 amide bonds. The van der Waals surface area contributed by atoms with Crippen LogP contribution >= 0.6 is 0 Å². The largest absolute Gasteiger partial charge is 0.442 e. The Balaban J connectivity index is 1.65. The van der Waals surface area contributed by atoms with Gasteiger partial charge in [-0.3, -0.25) is 28.9 Å². The van der Waals surface area contributed by atoms with E-state index in [0.717, 1.165) is 4.90 Å². The van der Waals surface area contributed by atoms with Gasteiger partial charge in [-0.2, -0.15) is 0 Å². The number of amides is 5. The van der Waals surface area contributed by atoms with E-state index in [4.69, 9.17) is 4.74 Å². The van der Waals surface area contributed by atoms with Gasteiger partial charge in [0.05, 0.1) is 17.7 Å². The van der Waals surface area contributed by atoms with Gasteiger partial charge >= 0.3 is 5.97 Å². The summed E-state index contributed by atoms with van der Waals surface area (Å²) in [7, 11) is 3.39. The number of esters is 1. The van der Waals surface area contributed by atoms with E-state index in [-0.39, 0.29) is 30.5 Å². The summed E-state index contributed by atoms with van der Waals surface area (Å²) in [6.07, 6.45) is -0.110. The molecule has 2 unspecified atom stereocenters. The summed E-state index contributed by atoms with van der Waals surface area (Å²) in [6.45, 7) is 0.810. The van der Waals surface area contributed by atoms with Crippen LogP contribution in [0.15, 0.2) is 24.3 Å². The molecule has 0 bridgehead atoms. The monoisotopic (exact) mass is 444 g/mol. The first-order chi connectivity index (χ1) is 15.1. The summed E-state index contributed by atoms with van der Waals surface area (Å²) in [6, 6.07) is 4.06. The smallest absolute Gasteiger partial charge is 0.330 e. The van der Waals surface area contributed by atoms with E-state index in [0.29, 0.717) is 4.90 Å². The first-order valence-corrected chi connectivity index (χ1v) is 10.0. The molecule has 3 rings (SSSR count). The van der Waals surface area contributed by atoms with Gasteiger partial charge in [-0.1, -0.05) is 12.1 Å². The van der Waals surface area contributed by atoms with Crippen molar-refractivity contribution in [3.05, 3.63) is 35.4 Å². The third-order valence-electron chi connectivity index (χ3n) is 5.15. The van der Waals surface area contributed by atoms with Crippen molar-refractivity contribution in [1.82, 2.24) is 20.0 Å². The average molecular weight is 444 g/mol. The van der Waals surface area contributed by atoms with Crippen molar-refractivity contribution < 1.29 is 33.5 Å². The van der Waals surface area contributed by atoms with Crippen LogP contribution in [0.2, 0.25) is 0 Å². The summed E-state index contributed by atoms with van der Waals surface area (Å²) in [5.41, 5.74) is 0.393. The Morgan fingerprint density at radius 1 is 1.12 bits per heavy atom. The van der Waals surface area contributed by atoms with Crippen LogP contribution in [0.3, 0.4) is 0 Å². The molecule has 11 heteroatoms. The number of carbonyl (C=O) groups is 6. The minimum Gasteiger partial charge on any atom is -0.442 e. The van der Waals surface area contributed by atoms with Crippen LogP contribution < -0.4 is 5.32 Å². The first-order valence-electron chi connectivity index (χ1n) is 10.0. The van der Waals surface area contributed by atoms with Crippen molar-refractivity contribution in [1.29, 1.82) is 0 Å². The molecule has 1 fully saturated rings. The summed E-state index contributed by atoms with van der Waals surface area (Å²) in [5.74, 6) is -3.82. The lowest BCUT2D eigenvalue weighted by Crippen LogP contribution is -2.57. The van der Waals surface area contributed by atoms with Crippen LogP contribution in [0, 0.1) is 0 Å². The number of imide groups is 2. The number of piperidine rings is 1. The average Bonchev–Trinajstić information content (AvgIpc) is 2.98. The van der Waals surface area contributed by atoms with Gasteiger partial charge in [-0.05, 0) is 39.6 Å². The van der Waals surface area contributed by atoms with Gasteiger partial charge in [0, 0.05) is 6.42 Å². The van der Waals surface area contributed by atoms with Crippen molar-refractivity contribution in [3.8, 4) is 0 Å². The Labute approximate surface area is 184 Å². The molecule has 2 aliphatic rings. The van der Waals surface area contributed by atoms with E-state index in [2.05, 4.69) is 5.32 Å². The third kappa shape index (κ3) is 4.52. The second-order valence-corrected chi connectivity index (χ2v) is 7.86. The Morgan fingerprint density at radius 3 is 2.28 bits per heavy atom. The molecule has 11 nitrogen and oxygen atoms in total. The highest BCUT2D eigenvalue weighted by molar-refractivity contribution is 6.23. The summed E-state index contributed by atoms with van der Waals surface area (Å²) in [4.78, 5) is 77.8. The van der Waals surface area contributed by atoms with E-state index in [9.17, 15) is 28.8 Å². The van der Waals surface area contributed by atoms with Gasteiger partial charge in [0.15, 0.2) is 6.73 Å². The number of fused-ring (bicyclic) bond motifs is 1. The lowest BCUT2D eigenvalue weighted by atomic mass is 10.0. The number of benzene rings is 1. The van der Waals surface area contributed by atoms with Gasteiger partial charge in [-0.15, -0.1) is 0 Å². The van der Waals surface area contributed by atoms with E-state index < -0.39 is 54.3 Å². The molecular weight excluding hydrogens is 420 g/mol. The van der Waals surface area contributed by atoms with Crippen molar-refractivity contribution in [3.63, 3.8) is 0 Å². The summed E-state index contributed by atoms with van der Waals surface area (Å²) < 4.78 is 5.05. The summed E-state index contributed by atoms with van der Waals surface area (Å²) in [5, 5.41) is 2.46. The highest BCUT2D eigenvalue weighted by Gasteiger charge is 2.47. The fourth-order valence-electron chi connectivity index (χ4n) is 3.57. The maximum Gasteiger partial charge on any atom is 0.330 e. The topological polar surface area (TPSA) is 133 Å². The number of rotatable bonds is 7. The van der Waals surface area contributed by atoms with Crippen LogP contribution in [-0.4, -0.2) is 89.7 Å². The molecule has 32 heavy (non-hydrogen) atoms. The molecule has 1 aromatic rings. The first kappa shape index (κ1) is 23.1. The lowest BCUT2D eigenvalue weighted by molar-refractivity contribution is -0.165. The van der Waals surface area contributed by atoms with Crippen molar-refractivity contribution >= 4 is 35.5 Å². The van der Waals surface area contributed by atoms with Crippen LogP contribution in [0.5, 0.6) is 0 Å². The quantitative estimate of drug-likeness (QED) is 0.434. The molecule has 0 radical (unpaired) electrons. The fraction of sp³-hybridized carbons (Fsp3) is 0.429. The molecule has 0 aromatic heterocycles. The third-order valence-corrected chi connectivity index (χ3v) is 5.15. The molecule has 2 heterocycles. The highest BCUT2D eigenvalue weighted by Crippen LogP contribution is 2.28. The van der Waals surface area contributed by atoms with Crippen LogP contribution in [0.4, 0.5) is 0 Å². The maximum atomic E-state index is 12.9. The van der Waals surface area contributed by atoms with Gasteiger partial charge in [0.25, 0.3) is 17.7 Å². The molecule has 170 valence electrons. The second kappa shape index (κ2) is 9.27. The van der Waals surface area contributed by atoms with Crippen LogP contribution in [-0.2, 0) is 23.9 Å². The molecule has 2 atom stereocenters.